The van der Waals surface area contributed by atoms with Crippen LogP contribution in [-0.4, -0.2) is 52.1 Å². The first-order valence-corrected chi connectivity index (χ1v) is 15.8. The van der Waals surface area contributed by atoms with Crippen LogP contribution in [0.1, 0.15) is 166 Å². The predicted molar refractivity (Wildman–Crippen MR) is 189 cm³/mol. The van der Waals surface area contributed by atoms with Gasteiger partial charge in [-0.05, 0) is 0 Å². The number of rotatable bonds is 6. The Bertz CT molecular complexity index is 565. The van der Waals surface area contributed by atoms with Gasteiger partial charge in [-0.25, -0.2) is 0 Å². The third kappa shape index (κ3) is 43.2. The van der Waals surface area contributed by atoms with Gasteiger partial charge in [0, 0.05) is 0 Å². The van der Waals surface area contributed by atoms with Crippen LogP contribution < -0.4 is 93.8 Å². The maximum Gasteiger partial charge on any atom is 3.00 e. The molecule has 3 unspecified atom stereocenters. The molecule has 0 amide bonds. The summed E-state index contributed by atoms with van der Waals surface area (Å²) < 4.78 is 0. The van der Waals surface area contributed by atoms with Crippen LogP contribution in [0.25, 0.3) is 16.0 Å². The van der Waals surface area contributed by atoms with Crippen LogP contribution in [0.4, 0.5) is 0 Å². The van der Waals surface area contributed by atoms with E-state index in [1.165, 1.54) is 0 Å². The number of nitrogens with zero attached hydrogens (tertiary/aromatic N) is 3. The molecular formula is C36H78AlCl3Li3N3. The van der Waals surface area contributed by atoms with Gasteiger partial charge in [0.15, 0.2) is 0 Å². The van der Waals surface area contributed by atoms with Crippen molar-refractivity contribution >= 4 is 17.4 Å². The summed E-state index contributed by atoms with van der Waals surface area (Å²) in [5.41, 5.74) is 1.09. The van der Waals surface area contributed by atoms with Crippen LogP contribution >= 0.6 is 0 Å². The van der Waals surface area contributed by atoms with Gasteiger partial charge >= 0.3 is 73.9 Å². The molecule has 0 bridgehead atoms. The molecule has 0 saturated heterocycles. The molecule has 0 aliphatic heterocycles. The Morgan fingerprint density at radius 1 is 0.304 bits per heavy atom. The minimum atomic E-state index is 0. The van der Waals surface area contributed by atoms with Crippen LogP contribution in [0, 0.1) is 34.0 Å². The third-order valence-electron chi connectivity index (χ3n) is 6.14. The molecule has 0 aromatic rings. The summed E-state index contributed by atoms with van der Waals surface area (Å²) in [5, 5.41) is 14.6. The molecule has 3 atom stereocenters. The van der Waals surface area contributed by atoms with Gasteiger partial charge in [-0.3, -0.25) is 0 Å². The van der Waals surface area contributed by atoms with Gasteiger partial charge in [0.2, 0.25) is 0 Å². The Balaban J connectivity index is -0.0000000491. The number of hydrogen-bond acceptors (Lipinski definition) is 0. The average Bonchev–Trinajstić information content (AvgIpc) is 2.58. The standard InChI is InChI=1S/3C12H26N.Al.3ClH.3Li/c3*1-9(2)10(11(3,4)5)13-12(6,7)8;;;;;;;/h3*9-10H,1-8H3;;3*1H;;;/q3*-1;+3;;;;3*+1/p-3. The van der Waals surface area contributed by atoms with E-state index < -0.39 is 0 Å². The van der Waals surface area contributed by atoms with E-state index in [1.54, 1.807) is 0 Å². The molecule has 0 aromatic heterocycles. The normalized spacial score (nSPS) is 13.9. The zero-order chi connectivity index (χ0) is 32.6. The molecular weight excluding hydrogens is 629 g/mol. The van der Waals surface area contributed by atoms with Gasteiger partial charge in [-0.15, -0.1) is 34.7 Å². The summed E-state index contributed by atoms with van der Waals surface area (Å²) in [4.78, 5) is 0. The van der Waals surface area contributed by atoms with E-state index >= 15 is 0 Å². The Kier molecular flexibility index (Phi) is 47.7. The zero-order valence-electron chi connectivity index (χ0n) is 36.5. The number of halogens is 3. The fourth-order valence-electron chi connectivity index (χ4n) is 5.28. The summed E-state index contributed by atoms with van der Waals surface area (Å²) in [6.45, 7) is 53.5. The van der Waals surface area contributed by atoms with E-state index in [0.29, 0.717) is 35.9 Å². The van der Waals surface area contributed by atoms with E-state index in [9.17, 15) is 0 Å². The van der Waals surface area contributed by atoms with Gasteiger partial charge in [0.05, 0.1) is 0 Å². The zero-order valence-corrected chi connectivity index (χ0v) is 39.9. The SMILES string of the molecule is CC(C)C([N-]C(C)(C)C)C(C)(C)C.CC(C)C([N-]C(C)(C)C)C(C)(C)C.CC(C)C([N-]C(C)(C)C)C(C)(C)C.[Al+3].[Cl-].[Cl-].[Cl-].[Li+].[Li+].[Li+]. The molecule has 0 radical (unpaired) electrons. The van der Waals surface area contributed by atoms with E-state index in [-0.39, 0.29) is 144 Å². The molecule has 0 saturated carbocycles. The third-order valence-corrected chi connectivity index (χ3v) is 6.14. The predicted octanol–water partition coefficient (Wildman–Crippen LogP) is -5.67. The Hall–Kier alpha value is 3.07. The smallest absolute Gasteiger partial charge is 1.00 e. The quantitative estimate of drug-likeness (QED) is 0.248. The van der Waals surface area contributed by atoms with E-state index in [1.807, 2.05) is 0 Å². The summed E-state index contributed by atoms with van der Waals surface area (Å²) in [7, 11) is 0. The second-order valence-corrected chi connectivity index (χ2v) is 19.1. The van der Waals surface area contributed by atoms with Crippen molar-refractivity contribution in [2.45, 2.75) is 201 Å². The summed E-state index contributed by atoms with van der Waals surface area (Å²) in [6, 6.07) is 1.35. The molecule has 10 heteroatoms. The molecule has 0 aliphatic rings. The van der Waals surface area contributed by atoms with Crippen LogP contribution in [0.15, 0.2) is 0 Å². The first kappa shape index (κ1) is 74.3. The van der Waals surface area contributed by atoms with Crippen molar-refractivity contribution in [1.29, 1.82) is 0 Å². The van der Waals surface area contributed by atoms with Crippen molar-refractivity contribution in [3.63, 3.8) is 0 Å². The first-order chi connectivity index (χ1) is 16.6. The van der Waals surface area contributed by atoms with E-state index in [0.717, 1.165) is 0 Å². The molecule has 0 fully saturated rings. The van der Waals surface area contributed by atoms with Crippen LogP contribution in [-0.2, 0) is 0 Å². The molecule has 0 aromatic carbocycles. The van der Waals surface area contributed by atoms with Crippen molar-refractivity contribution in [2.24, 2.45) is 34.0 Å². The van der Waals surface area contributed by atoms with Crippen molar-refractivity contribution < 1.29 is 93.8 Å². The summed E-state index contributed by atoms with van der Waals surface area (Å²) in [6.07, 6.45) is 0. The first-order valence-electron chi connectivity index (χ1n) is 15.8. The van der Waals surface area contributed by atoms with Crippen molar-refractivity contribution in [3.05, 3.63) is 16.0 Å². The molecule has 0 heterocycles. The molecule has 0 spiro atoms. The molecule has 3 nitrogen and oxygen atoms in total. The van der Waals surface area contributed by atoms with Gasteiger partial charge < -0.3 is 53.2 Å². The second kappa shape index (κ2) is 29.5. The average molecular weight is 707 g/mol. The van der Waals surface area contributed by atoms with Crippen LogP contribution in [0.5, 0.6) is 0 Å². The van der Waals surface area contributed by atoms with Gasteiger partial charge in [0.25, 0.3) is 0 Å². The van der Waals surface area contributed by atoms with Crippen molar-refractivity contribution in [2.75, 3.05) is 0 Å². The van der Waals surface area contributed by atoms with Gasteiger partial charge in [0.1, 0.15) is 0 Å². The Morgan fingerprint density at radius 3 is 0.435 bits per heavy atom. The maximum atomic E-state index is 4.88. The Labute approximate surface area is 358 Å². The topological polar surface area (TPSA) is 42.3 Å². The van der Waals surface area contributed by atoms with Crippen LogP contribution in [0.2, 0.25) is 0 Å². The molecule has 0 N–H and O–H groups in total. The monoisotopic (exact) mass is 706 g/mol. The van der Waals surface area contributed by atoms with Crippen molar-refractivity contribution in [1.82, 2.24) is 0 Å². The molecule has 0 aliphatic carbocycles. The van der Waals surface area contributed by atoms with Crippen molar-refractivity contribution in [3.8, 4) is 0 Å². The largest absolute Gasteiger partial charge is 3.00 e. The second-order valence-electron chi connectivity index (χ2n) is 19.1. The summed E-state index contributed by atoms with van der Waals surface area (Å²) in [5.74, 6) is 1.87. The minimum Gasteiger partial charge on any atom is -1.00 e. The number of hydrogen-bond donors (Lipinski definition) is 0. The maximum absolute atomic E-state index is 4.88. The van der Waals surface area contributed by atoms with E-state index in [4.69, 9.17) is 16.0 Å². The Morgan fingerprint density at radius 2 is 0.413 bits per heavy atom. The fourth-order valence-corrected chi connectivity index (χ4v) is 5.28. The molecule has 264 valence electrons. The molecule has 0 rings (SSSR count). The molecule has 46 heavy (non-hydrogen) atoms. The summed E-state index contributed by atoms with van der Waals surface area (Å²) >= 11 is 0. The van der Waals surface area contributed by atoms with Crippen LogP contribution in [0.3, 0.4) is 0 Å². The van der Waals surface area contributed by atoms with Gasteiger partial charge in [-0.2, -0.15) is 0 Å². The minimum absolute atomic E-state index is 0. The van der Waals surface area contributed by atoms with E-state index in [2.05, 4.69) is 166 Å². The van der Waals surface area contributed by atoms with Gasteiger partial charge in [-0.1, -0.05) is 200 Å². The fraction of sp³-hybridized carbons (Fsp3) is 1.00.